The second-order valence-electron chi connectivity index (χ2n) is 5.54. The Labute approximate surface area is 122 Å². The molecule has 20 heavy (non-hydrogen) atoms. The van der Waals surface area contributed by atoms with E-state index in [0.29, 0.717) is 12.6 Å². The second kappa shape index (κ2) is 7.65. The molecule has 1 unspecified atom stereocenters. The third-order valence-electron chi connectivity index (χ3n) is 4.23. The number of hydrogen-bond acceptors (Lipinski definition) is 3. The van der Waals surface area contributed by atoms with E-state index in [4.69, 9.17) is 4.74 Å². The SMILES string of the molecule is CCOc1ccc(C(O)CN(CC)C2CCCC2)cc1. The Kier molecular flexibility index (Phi) is 5.86. The van der Waals surface area contributed by atoms with Crippen molar-refractivity contribution in [1.29, 1.82) is 0 Å². The van der Waals surface area contributed by atoms with Gasteiger partial charge in [0.25, 0.3) is 0 Å². The molecule has 0 amide bonds. The number of nitrogens with zero attached hydrogens (tertiary/aromatic N) is 1. The summed E-state index contributed by atoms with van der Waals surface area (Å²) in [7, 11) is 0. The average molecular weight is 277 g/mol. The van der Waals surface area contributed by atoms with Gasteiger partial charge in [-0.3, -0.25) is 4.90 Å². The van der Waals surface area contributed by atoms with E-state index in [-0.39, 0.29) is 0 Å². The van der Waals surface area contributed by atoms with E-state index in [9.17, 15) is 5.11 Å². The van der Waals surface area contributed by atoms with Gasteiger partial charge in [0.15, 0.2) is 0 Å². The molecule has 112 valence electrons. The van der Waals surface area contributed by atoms with Crippen LogP contribution in [-0.4, -0.2) is 35.7 Å². The third-order valence-corrected chi connectivity index (χ3v) is 4.23. The van der Waals surface area contributed by atoms with Gasteiger partial charge in [-0.05, 0) is 44.0 Å². The molecule has 1 aromatic carbocycles. The first-order valence-corrected chi connectivity index (χ1v) is 7.89. The van der Waals surface area contributed by atoms with Gasteiger partial charge in [0.1, 0.15) is 5.75 Å². The van der Waals surface area contributed by atoms with Gasteiger partial charge < -0.3 is 9.84 Å². The zero-order valence-electron chi connectivity index (χ0n) is 12.7. The fraction of sp³-hybridized carbons (Fsp3) is 0.647. The molecular weight excluding hydrogens is 250 g/mol. The molecule has 2 rings (SSSR count). The van der Waals surface area contributed by atoms with Crippen LogP contribution in [0.2, 0.25) is 0 Å². The maximum absolute atomic E-state index is 10.4. The minimum absolute atomic E-state index is 0.411. The summed E-state index contributed by atoms with van der Waals surface area (Å²) in [6.45, 7) is 6.58. The number of benzene rings is 1. The highest BCUT2D eigenvalue weighted by molar-refractivity contribution is 5.28. The van der Waals surface area contributed by atoms with Crippen molar-refractivity contribution in [1.82, 2.24) is 4.90 Å². The number of rotatable bonds is 7. The Morgan fingerprint density at radius 3 is 2.40 bits per heavy atom. The van der Waals surface area contributed by atoms with Crippen molar-refractivity contribution in [2.24, 2.45) is 0 Å². The van der Waals surface area contributed by atoms with Crippen LogP contribution in [0.4, 0.5) is 0 Å². The molecule has 0 aliphatic heterocycles. The first-order valence-electron chi connectivity index (χ1n) is 7.89. The van der Waals surface area contributed by atoms with Crippen LogP contribution in [0.15, 0.2) is 24.3 Å². The van der Waals surface area contributed by atoms with Crippen molar-refractivity contribution in [3.05, 3.63) is 29.8 Å². The predicted octanol–water partition coefficient (Wildman–Crippen LogP) is 3.38. The Morgan fingerprint density at radius 1 is 1.20 bits per heavy atom. The van der Waals surface area contributed by atoms with Gasteiger partial charge in [0.05, 0.1) is 12.7 Å². The summed E-state index contributed by atoms with van der Waals surface area (Å²) in [4.78, 5) is 2.42. The molecule has 0 spiro atoms. The van der Waals surface area contributed by atoms with Crippen molar-refractivity contribution in [2.75, 3.05) is 19.7 Å². The number of aliphatic hydroxyl groups excluding tert-OH is 1. The molecule has 0 aromatic heterocycles. The van der Waals surface area contributed by atoms with Crippen LogP contribution >= 0.6 is 0 Å². The molecule has 1 aliphatic rings. The van der Waals surface area contributed by atoms with Crippen molar-refractivity contribution in [3.8, 4) is 5.75 Å². The maximum Gasteiger partial charge on any atom is 0.119 e. The highest BCUT2D eigenvalue weighted by atomic mass is 16.5. The Balaban J connectivity index is 1.93. The van der Waals surface area contributed by atoms with Crippen LogP contribution in [-0.2, 0) is 0 Å². The van der Waals surface area contributed by atoms with Gasteiger partial charge in [-0.15, -0.1) is 0 Å². The number of ether oxygens (including phenoxy) is 1. The van der Waals surface area contributed by atoms with Crippen LogP contribution in [0.25, 0.3) is 0 Å². The van der Waals surface area contributed by atoms with E-state index in [2.05, 4.69) is 11.8 Å². The molecule has 0 radical (unpaired) electrons. The van der Waals surface area contributed by atoms with Crippen molar-refractivity contribution >= 4 is 0 Å². The average Bonchev–Trinajstić information content (AvgIpc) is 2.99. The van der Waals surface area contributed by atoms with E-state index in [0.717, 1.165) is 24.4 Å². The lowest BCUT2D eigenvalue weighted by atomic mass is 10.1. The molecular formula is C17H27NO2. The first-order chi connectivity index (χ1) is 9.74. The van der Waals surface area contributed by atoms with E-state index in [1.807, 2.05) is 31.2 Å². The summed E-state index contributed by atoms with van der Waals surface area (Å²) in [5.41, 5.74) is 0.977. The monoisotopic (exact) mass is 277 g/mol. The van der Waals surface area contributed by atoms with Crippen LogP contribution in [0.5, 0.6) is 5.75 Å². The van der Waals surface area contributed by atoms with Gasteiger partial charge in [-0.2, -0.15) is 0 Å². The van der Waals surface area contributed by atoms with E-state index in [1.54, 1.807) is 0 Å². The molecule has 1 atom stereocenters. The third kappa shape index (κ3) is 3.97. The van der Waals surface area contributed by atoms with Crippen LogP contribution in [0.3, 0.4) is 0 Å². The van der Waals surface area contributed by atoms with Crippen molar-refractivity contribution < 1.29 is 9.84 Å². The highest BCUT2D eigenvalue weighted by Crippen LogP contribution is 2.26. The number of hydrogen-bond donors (Lipinski definition) is 1. The lowest BCUT2D eigenvalue weighted by Gasteiger charge is -2.29. The summed E-state index contributed by atoms with van der Waals surface area (Å²) >= 11 is 0. The second-order valence-corrected chi connectivity index (χ2v) is 5.54. The largest absolute Gasteiger partial charge is 0.494 e. The van der Waals surface area contributed by atoms with Crippen LogP contribution < -0.4 is 4.74 Å². The van der Waals surface area contributed by atoms with Gasteiger partial charge in [0, 0.05) is 12.6 Å². The standard InChI is InChI=1S/C17H27NO2/c1-3-18(15-7-5-6-8-15)13-17(19)14-9-11-16(12-10-14)20-4-2/h9-12,15,17,19H,3-8,13H2,1-2H3. The van der Waals surface area contributed by atoms with Crippen LogP contribution in [0, 0.1) is 0 Å². The van der Waals surface area contributed by atoms with Crippen molar-refractivity contribution in [3.63, 3.8) is 0 Å². The molecule has 1 saturated carbocycles. The molecule has 0 saturated heterocycles. The molecule has 1 N–H and O–H groups in total. The lowest BCUT2D eigenvalue weighted by molar-refractivity contribution is 0.0914. The molecule has 3 nitrogen and oxygen atoms in total. The minimum atomic E-state index is -0.411. The number of likely N-dealkylation sites (N-methyl/N-ethyl adjacent to an activating group) is 1. The van der Waals surface area contributed by atoms with Gasteiger partial charge in [0.2, 0.25) is 0 Å². The first kappa shape index (κ1) is 15.3. The predicted molar refractivity (Wildman–Crippen MR) is 82.1 cm³/mol. The smallest absolute Gasteiger partial charge is 0.119 e. The molecule has 1 fully saturated rings. The fourth-order valence-electron chi connectivity index (χ4n) is 3.09. The normalized spacial score (nSPS) is 17.6. The zero-order valence-corrected chi connectivity index (χ0v) is 12.7. The Morgan fingerprint density at radius 2 is 1.85 bits per heavy atom. The summed E-state index contributed by atoms with van der Waals surface area (Å²) in [5, 5.41) is 10.4. The van der Waals surface area contributed by atoms with E-state index >= 15 is 0 Å². The van der Waals surface area contributed by atoms with Crippen LogP contribution in [0.1, 0.15) is 51.2 Å². The Hall–Kier alpha value is -1.06. The molecule has 1 aliphatic carbocycles. The van der Waals surface area contributed by atoms with Gasteiger partial charge in [-0.25, -0.2) is 0 Å². The minimum Gasteiger partial charge on any atom is -0.494 e. The summed E-state index contributed by atoms with van der Waals surface area (Å²) < 4.78 is 5.43. The lowest BCUT2D eigenvalue weighted by Crippen LogP contribution is -2.36. The number of aliphatic hydroxyl groups is 1. The molecule has 1 aromatic rings. The fourth-order valence-corrected chi connectivity index (χ4v) is 3.09. The highest BCUT2D eigenvalue weighted by Gasteiger charge is 2.23. The summed E-state index contributed by atoms with van der Waals surface area (Å²) in [6, 6.07) is 8.48. The molecule has 0 heterocycles. The maximum atomic E-state index is 10.4. The van der Waals surface area contributed by atoms with E-state index < -0.39 is 6.10 Å². The zero-order chi connectivity index (χ0) is 14.4. The summed E-state index contributed by atoms with van der Waals surface area (Å²) in [5.74, 6) is 0.867. The van der Waals surface area contributed by atoms with Gasteiger partial charge in [-0.1, -0.05) is 31.9 Å². The van der Waals surface area contributed by atoms with E-state index in [1.165, 1.54) is 25.7 Å². The topological polar surface area (TPSA) is 32.7 Å². The molecule has 3 heteroatoms. The summed E-state index contributed by atoms with van der Waals surface area (Å²) in [6.07, 6.45) is 4.82. The van der Waals surface area contributed by atoms with Gasteiger partial charge >= 0.3 is 0 Å². The Bertz CT molecular complexity index is 384. The quantitative estimate of drug-likeness (QED) is 0.829. The van der Waals surface area contributed by atoms with Crippen molar-refractivity contribution in [2.45, 2.75) is 51.7 Å². The molecule has 0 bridgehead atoms.